The normalized spacial score (nSPS) is 11.5. The third kappa shape index (κ3) is 8.36. The maximum Gasteiger partial charge on any atom is 0.141 e. The van der Waals surface area contributed by atoms with Gasteiger partial charge in [-0.2, -0.15) is 0 Å². The van der Waals surface area contributed by atoms with Gasteiger partial charge in [-0.3, -0.25) is 0 Å². The zero-order valence-corrected chi connectivity index (χ0v) is 50.0. The predicted molar refractivity (Wildman–Crippen MR) is 401 cm³/mol. The van der Waals surface area contributed by atoms with Gasteiger partial charge in [0, 0.05) is 48.4 Å². The van der Waals surface area contributed by atoms with E-state index in [0.717, 1.165) is 39.1 Å². The lowest BCUT2D eigenvalue weighted by Gasteiger charge is -2.39. The molecule has 0 saturated heterocycles. The van der Waals surface area contributed by atoms with Crippen molar-refractivity contribution in [3.63, 3.8) is 0 Å². The number of fused-ring (bicyclic) bond motifs is 4. The maximum atomic E-state index is 5.55. The Morgan fingerprint density at radius 2 is 0.679 bits per heavy atom. The molecule has 0 aliphatic rings. The van der Waals surface area contributed by atoms with E-state index in [1.165, 1.54) is 163 Å². The summed E-state index contributed by atoms with van der Waals surface area (Å²) < 4.78 is 2.51. The third-order valence-corrected chi connectivity index (χ3v) is 20.0. The van der Waals surface area contributed by atoms with Crippen LogP contribution in [0.15, 0.2) is 115 Å². The van der Waals surface area contributed by atoms with Crippen molar-refractivity contribution >= 4 is 299 Å². The van der Waals surface area contributed by atoms with E-state index in [2.05, 4.69) is 261 Å². The van der Waals surface area contributed by atoms with Crippen molar-refractivity contribution in [1.29, 1.82) is 0 Å². The Labute approximate surface area is 481 Å². The second kappa shape index (κ2) is 20.3. The summed E-state index contributed by atoms with van der Waals surface area (Å²) in [4.78, 5) is 13.7. The second-order valence-corrected chi connectivity index (χ2v) is 23.7. The molecule has 0 bridgehead atoms. The predicted octanol–water partition coefficient (Wildman–Crippen LogP) is -15.5. The third-order valence-electron chi connectivity index (χ3n) is 18.9. The molecular weight excluding hydrogens is 941 g/mol. The molecular formula is C56H55B18N3S. The van der Waals surface area contributed by atoms with Crippen molar-refractivity contribution in [2.45, 2.75) is 0 Å². The Balaban J connectivity index is 1.21. The zero-order valence-electron chi connectivity index (χ0n) is 49.2. The molecule has 0 N–H and O–H groups in total. The number of hydrogen-bond donors (Lipinski definition) is 0. The molecule has 0 spiro atoms. The molecule has 2 aromatic heterocycles. The molecule has 0 amide bonds. The van der Waals surface area contributed by atoms with Gasteiger partial charge >= 0.3 is 0 Å². The average molecular weight is 997 g/mol. The Morgan fingerprint density at radius 3 is 1.21 bits per heavy atom. The fraction of sp³-hybridized carbons (Fsp3) is 0. The minimum atomic E-state index is 0.874. The number of rotatable bonds is 8. The van der Waals surface area contributed by atoms with E-state index in [0.29, 0.717) is 0 Å². The summed E-state index contributed by atoms with van der Waals surface area (Å²) in [5.41, 5.74) is 41.1. The highest BCUT2D eigenvalue weighted by atomic mass is 32.1. The van der Waals surface area contributed by atoms with Crippen LogP contribution in [0.4, 0.5) is 17.1 Å². The molecule has 0 aliphatic heterocycles. The van der Waals surface area contributed by atoms with Crippen LogP contribution in [0.2, 0.25) is 0 Å². The molecule has 9 aromatic carbocycles. The SMILES string of the molecule is Bc1c(B)c(B)c(-c2c(B)c(B)c(N(c3c(B)c(B)c(B)c(B)c3B)c3c(B)c(B)c(-c4cc(-c5nc6ccccc6nc5-c5cccc(-c6ccccc6)c5)cc5sc6ccccc6c45)c(B)c3B)c(B)c2B)c(B)c1B. The Hall–Kier alpha value is -6.49. The van der Waals surface area contributed by atoms with E-state index in [9.17, 15) is 0 Å². The summed E-state index contributed by atoms with van der Waals surface area (Å²) in [5.74, 6) is 0. The summed E-state index contributed by atoms with van der Waals surface area (Å²) in [5, 5.41) is 2.56. The van der Waals surface area contributed by atoms with Crippen LogP contribution >= 0.6 is 11.3 Å². The monoisotopic (exact) mass is 1000 g/mol. The number of hydrogen-bond acceptors (Lipinski definition) is 4. The molecule has 354 valence electrons. The number of aromatic nitrogens is 2. The van der Waals surface area contributed by atoms with Gasteiger partial charge in [-0.25, -0.2) is 9.97 Å². The summed E-state index contributed by atoms with van der Waals surface area (Å²) in [6.45, 7) is 0. The van der Waals surface area contributed by atoms with Gasteiger partial charge in [0.15, 0.2) is 0 Å². The van der Waals surface area contributed by atoms with Gasteiger partial charge in [-0.15, -0.1) is 33.2 Å². The molecule has 3 nitrogen and oxygen atoms in total. The van der Waals surface area contributed by atoms with Gasteiger partial charge in [0.25, 0.3) is 0 Å². The highest BCUT2D eigenvalue weighted by Crippen LogP contribution is 2.44. The Bertz CT molecular complexity index is 4280. The van der Waals surface area contributed by atoms with Crippen LogP contribution in [0.25, 0.3) is 87.1 Å². The largest absolute Gasteiger partial charge is 0.314 e. The highest BCUT2D eigenvalue weighted by molar-refractivity contribution is 7.26. The number of anilines is 3. The first-order chi connectivity index (χ1) is 37.2. The van der Waals surface area contributed by atoms with Crippen molar-refractivity contribution in [3.05, 3.63) is 115 Å². The molecule has 0 saturated carbocycles. The lowest BCUT2D eigenvalue weighted by molar-refractivity contribution is 1.29. The maximum absolute atomic E-state index is 5.55. The molecule has 0 radical (unpaired) electrons. The van der Waals surface area contributed by atoms with Gasteiger partial charge in [0.1, 0.15) is 141 Å². The summed E-state index contributed by atoms with van der Waals surface area (Å²) in [6.07, 6.45) is 0. The summed E-state index contributed by atoms with van der Waals surface area (Å²) in [6, 6.07) is 41.5. The molecule has 0 aliphatic carbocycles. The van der Waals surface area contributed by atoms with E-state index >= 15 is 0 Å². The average Bonchev–Trinajstić information content (AvgIpc) is 3.93. The number of benzene rings is 9. The number of thiophene rings is 1. The first-order valence-electron chi connectivity index (χ1n) is 27.8. The molecule has 78 heavy (non-hydrogen) atoms. The van der Waals surface area contributed by atoms with E-state index in [4.69, 9.17) is 9.97 Å². The lowest BCUT2D eigenvalue weighted by atomic mass is 9.56. The van der Waals surface area contributed by atoms with Crippen LogP contribution in [0.5, 0.6) is 0 Å². The van der Waals surface area contributed by atoms with Crippen molar-refractivity contribution in [1.82, 2.24) is 9.97 Å². The van der Waals surface area contributed by atoms with Crippen molar-refractivity contribution < 1.29 is 0 Å². The smallest absolute Gasteiger partial charge is 0.141 e. The number of nitrogens with zero attached hydrogens (tertiary/aromatic N) is 3. The second-order valence-electron chi connectivity index (χ2n) is 22.6. The standard InChI is InChI=1S/C56H55B18N3S/c57-34-31(25-18-23(19-29-30(25)24-13-4-7-16-28(24)78-29)53-52(75-26-14-5-6-15-27(26)76-53)22-12-8-11-21(17-22)20-9-2-1-3-10-20)35(58)47(70)54(46(34)69)77(56-50(73)44(67)43(66)45(68)51(56)74)55-48(71)38(61)33(39(62)49(55)72)32-36(59)40(63)42(65)41(64)37(32)60/h1-19H,57-74H2. The molecule has 0 atom stereocenters. The molecule has 0 fully saturated rings. The topological polar surface area (TPSA) is 29.0 Å². The van der Waals surface area contributed by atoms with Crippen LogP contribution in [0, 0.1) is 0 Å². The minimum absolute atomic E-state index is 0.874. The molecule has 11 rings (SSSR count). The van der Waals surface area contributed by atoms with E-state index < -0.39 is 0 Å². The minimum Gasteiger partial charge on any atom is -0.314 e. The molecule has 22 heteroatoms. The Kier molecular flexibility index (Phi) is 13.9. The van der Waals surface area contributed by atoms with Gasteiger partial charge in [-0.05, 0) is 69.8 Å². The van der Waals surface area contributed by atoms with Crippen LogP contribution < -0.4 is 103 Å². The number of para-hydroxylation sites is 2. The van der Waals surface area contributed by atoms with Gasteiger partial charge in [0.2, 0.25) is 0 Å². The van der Waals surface area contributed by atoms with Crippen molar-refractivity contribution in [3.8, 4) is 55.9 Å². The summed E-state index contributed by atoms with van der Waals surface area (Å²) >= 11 is 1.87. The summed E-state index contributed by atoms with van der Waals surface area (Å²) in [7, 11) is 42.2. The highest BCUT2D eigenvalue weighted by Gasteiger charge is 2.31. The fourth-order valence-electron chi connectivity index (χ4n) is 13.1. The van der Waals surface area contributed by atoms with Crippen molar-refractivity contribution in [2.24, 2.45) is 0 Å². The van der Waals surface area contributed by atoms with Crippen molar-refractivity contribution in [2.75, 3.05) is 4.90 Å². The van der Waals surface area contributed by atoms with E-state index in [1.54, 1.807) is 0 Å². The lowest BCUT2D eigenvalue weighted by Crippen LogP contribution is -2.59. The van der Waals surface area contributed by atoms with Crippen LogP contribution in [-0.4, -0.2) is 151 Å². The van der Waals surface area contributed by atoms with E-state index in [-0.39, 0.29) is 0 Å². The van der Waals surface area contributed by atoms with Gasteiger partial charge in [-0.1, -0.05) is 155 Å². The van der Waals surface area contributed by atoms with Crippen LogP contribution in [-0.2, 0) is 0 Å². The van der Waals surface area contributed by atoms with E-state index in [1.807, 2.05) is 11.3 Å². The van der Waals surface area contributed by atoms with Crippen LogP contribution in [0.3, 0.4) is 0 Å². The molecule has 0 unspecified atom stereocenters. The molecule has 11 aromatic rings. The fourth-order valence-corrected chi connectivity index (χ4v) is 14.3. The Morgan fingerprint density at radius 1 is 0.295 bits per heavy atom. The van der Waals surface area contributed by atoms with Gasteiger partial charge in [0.05, 0.1) is 22.4 Å². The van der Waals surface area contributed by atoms with Gasteiger partial charge < -0.3 is 4.90 Å². The quantitative estimate of drug-likeness (QED) is 0.142. The first-order valence-corrected chi connectivity index (χ1v) is 28.6. The first kappa shape index (κ1) is 53.5. The van der Waals surface area contributed by atoms with Crippen LogP contribution in [0.1, 0.15) is 0 Å². The molecule has 2 heterocycles. The zero-order chi connectivity index (χ0) is 55.5.